The number of ketones is 1. The maximum Gasteiger partial charge on any atom is 0.356 e. The lowest BCUT2D eigenvalue weighted by atomic mass is 10.0. The average molecular weight is 374 g/mol. The minimum Gasteiger partial charge on any atom is -0.476 e. The molecule has 0 unspecified atom stereocenters. The Bertz CT molecular complexity index is 1020. The molecule has 0 aliphatic heterocycles. The highest BCUT2D eigenvalue weighted by molar-refractivity contribution is 6.31. The van der Waals surface area contributed by atoms with Crippen molar-refractivity contribution in [3.63, 3.8) is 0 Å². The van der Waals surface area contributed by atoms with Crippen molar-refractivity contribution >= 4 is 23.4 Å². The van der Waals surface area contributed by atoms with Gasteiger partial charge in [0.05, 0.1) is 16.9 Å². The molecule has 6 nitrogen and oxygen atoms in total. The van der Waals surface area contributed by atoms with E-state index in [0.717, 1.165) is 0 Å². The third-order valence-corrected chi connectivity index (χ3v) is 4.08. The predicted octanol–water partition coefficient (Wildman–Crippen LogP) is 3.05. The summed E-state index contributed by atoms with van der Waals surface area (Å²) in [5.41, 5.74) is 5.95. The van der Waals surface area contributed by atoms with E-state index in [-0.39, 0.29) is 34.1 Å². The number of carboxylic acids is 1. The van der Waals surface area contributed by atoms with Gasteiger partial charge in [0.2, 0.25) is 0 Å². The molecule has 0 atom stereocenters. The Morgan fingerprint density at radius 3 is 2.58 bits per heavy atom. The van der Waals surface area contributed by atoms with Crippen LogP contribution in [0.1, 0.15) is 32.1 Å². The fraction of sp³-hybridized carbons (Fsp3) is 0.0556. The molecule has 0 radical (unpaired) electrons. The van der Waals surface area contributed by atoms with E-state index in [1.807, 2.05) is 0 Å². The number of rotatable bonds is 5. The lowest BCUT2D eigenvalue weighted by Gasteiger charge is -2.13. The van der Waals surface area contributed by atoms with Crippen LogP contribution in [0.15, 0.2) is 48.8 Å². The Morgan fingerprint density at radius 1 is 1.19 bits per heavy atom. The molecule has 1 aromatic heterocycles. The van der Waals surface area contributed by atoms with Gasteiger partial charge in [-0.2, -0.15) is 0 Å². The molecular formula is C18H13ClFN3O3. The standard InChI is InChI=1S/C18H13ClFN3O3/c19-10-5-6-14(23-9-22-16(18(25)26)15(23)8-21)12(7-10)17(24)11-3-1-2-4-13(11)20/h1-7,9H,8,21H2,(H,25,26). The molecule has 0 saturated carbocycles. The summed E-state index contributed by atoms with van der Waals surface area (Å²) in [6.07, 6.45) is 1.26. The molecule has 0 amide bonds. The summed E-state index contributed by atoms with van der Waals surface area (Å²) in [5.74, 6) is -2.49. The minimum atomic E-state index is -1.24. The Morgan fingerprint density at radius 2 is 1.92 bits per heavy atom. The second-order valence-corrected chi connectivity index (χ2v) is 5.83. The van der Waals surface area contributed by atoms with Crippen LogP contribution in [0.4, 0.5) is 4.39 Å². The number of carbonyl (C=O) groups excluding carboxylic acids is 1. The van der Waals surface area contributed by atoms with Crippen molar-refractivity contribution in [2.75, 3.05) is 0 Å². The van der Waals surface area contributed by atoms with Crippen molar-refractivity contribution in [1.82, 2.24) is 9.55 Å². The summed E-state index contributed by atoms with van der Waals surface area (Å²) < 4.78 is 15.4. The molecule has 3 rings (SSSR count). The van der Waals surface area contributed by atoms with Crippen LogP contribution in [0, 0.1) is 5.82 Å². The quantitative estimate of drug-likeness (QED) is 0.670. The van der Waals surface area contributed by atoms with Gasteiger partial charge in [-0.05, 0) is 30.3 Å². The van der Waals surface area contributed by atoms with Crippen LogP contribution < -0.4 is 5.73 Å². The zero-order valence-electron chi connectivity index (χ0n) is 13.3. The van der Waals surface area contributed by atoms with E-state index in [9.17, 15) is 19.1 Å². The van der Waals surface area contributed by atoms with Gasteiger partial charge < -0.3 is 15.4 Å². The van der Waals surface area contributed by atoms with Crippen LogP contribution in [0.25, 0.3) is 5.69 Å². The number of imidazole rings is 1. The molecule has 0 saturated heterocycles. The van der Waals surface area contributed by atoms with Crippen LogP contribution in [0.3, 0.4) is 0 Å². The number of nitrogens with two attached hydrogens (primary N) is 1. The van der Waals surface area contributed by atoms with Crippen molar-refractivity contribution in [2.45, 2.75) is 6.54 Å². The van der Waals surface area contributed by atoms with Gasteiger partial charge in [0.1, 0.15) is 12.1 Å². The van der Waals surface area contributed by atoms with Gasteiger partial charge in [0.15, 0.2) is 11.5 Å². The lowest BCUT2D eigenvalue weighted by Crippen LogP contribution is -2.14. The summed E-state index contributed by atoms with van der Waals surface area (Å²) in [7, 11) is 0. The number of carbonyl (C=O) groups is 2. The zero-order chi connectivity index (χ0) is 18.8. The number of aromatic carboxylic acids is 1. The fourth-order valence-electron chi connectivity index (χ4n) is 2.65. The van der Waals surface area contributed by atoms with E-state index in [2.05, 4.69) is 4.98 Å². The summed E-state index contributed by atoms with van der Waals surface area (Å²) in [6, 6.07) is 10.0. The summed E-state index contributed by atoms with van der Waals surface area (Å²) in [6.45, 7) is -0.114. The number of halogens is 2. The first-order valence-corrected chi connectivity index (χ1v) is 7.90. The first kappa shape index (κ1) is 17.8. The maximum atomic E-state index is 14.0. The minimum absolute atomic E-state index is 0.103. The highest BCUT2D eigenvalue weighted by Gasteiger charge is 2.22. The molecule has 0 aliphatic carbocycles. The molecule has 0 bridgehead atoms. The maximum absolute atomic E-state index is 14.0. The second-order valence-electron chi connectivity index (χ2n) is 5.39. The number of carboxylic acid groups (broad SMARTS) is 1. The smallest absolute Gasteiger partial charge is 0.356 e. The predicted molar refractivity (Wildman–Crippen MR) is 93.3 cm³/mol. The first-order chi connectivity index (χ1) is 12.4. The number of benzene rings is 2. The van der Waals surface area contributed by atoms with E-state index in [1.54, 1.807) is 6.07 Å². The Labute approximate surface area is 152 Å². The van der Waals surface area contributed by atoms with E-state index >= 15 is 0 Å². The molecule has 3 aromatic rings. The largest absolute Gasteiger partial charge is 0.476 e. The molecule has 0 fully saturated rings. The number of hydrogen-bond donors (Lipinski definition) is 2. The van der Waals surface area contributed by atoms with Gasteiger partial charge in [-0.15, -0.1) is 0 Å². The van der Waals surface area contributed by atoms with Crippen LogP contribution in [-0.2, 0) is 6.54 Å². The average Bonchev–Trinajstić information content (AvgIpc) is 3.05. The molecule has 0 aliphatic rings. The Kier molecular flexibility index (Phi) is 4.83. The third-order valence-electron chi connectivity index (χ3n) is 3.84. The van der Waals surface area contributed by atoms with Gasteiger partial charge in [-0.1, -0.05) is 23.7 Å². The SMILES string of the molecule is NCc1c(C(=O)O)ncn1-c1ccc(Cl)cc1C(=O)c1ccccc1F. The van der Waals surface area contributed by atoms with Crippen LogP contribution in [0.2, 0.25) is 5.02 Å². The Hall–Kier alpha value is -3.03. The van der Waals surface area contributed by atoms with Crippen molar-refractivity contribution in [3.8, 4) is 5.69 Å². The van der Waals surface area contributed by atoms with E-state index in [1.165, 1.54) is 47.3 Å². The molecule has 8 heteroatoms. The fourth-order valence-corrected chi connectivity index (χ4v) is 2.82. The van der Waals surface area contributed by atoms with Crippen molar-refractivity contribution in [3.05, 3.63) is 82.1 Å². The molecule has 2 aromatic carbocycles. The normalized spacial score (nSPS) is 10.7. The van der Waals surface area contributed by atoms with Crippen LogP contribution in [-0.4, -0.2) is 26.4 Å². The van der Waals surface area contributed by atoms with Crippen molar-refractivity contribution in [2.24, 2.45) is 5.73 Å². The number of nitrogens with zero attached hydrogens (tertiary/aromatic N) is 2. The topological polar surface area (TPSA) is 98.2 Å². The molecule has 1 heterocycles. The van der Waals surface area contributed by atoms with Gasteiger partial charge in [0.25, 0.3) is 0 Å². The molecule has 26 heavy (non-hydrogen) atoms. The van der Waals surface area contributed by atoms with Crippen LogP contribution >= 0.6 is 11.6 Å². The van der Waals surface area contributed by atoms with Crippen LogP contribution in [0.5, 0.6) is 0 Å². The monoisotopic (exact) mass is 373 g/mol. The van der Waals surface area contributed by atoms with Gasteiger partial charge >= 0.3 is 5.97 Å². The lowest BCUT2D eigenvalue weighted by molar-refractivity contribution is 0.0689. The molecular weight excluding hydrogens is 361 g/mol. The van der Waals surface area contributed by atoms with Gasteiger partial charge in [-0.25, -0.2) is 14.2 Å². The van der Waals surface area contributed by atoms with Crippen molar-refractivity contribution in [1.29, 1.82) is 0 Å². The third kappa shape index (κ3) is 3.10. The molecule has 3 N–H and O–H groups in total. The van der Waals surface area contributed by atoms with E-state index in [0.29, 0.717) is 5.69 Å². The summed E-state index contributed by atoms with van der Waals surface area (Å²) in [5, 5.41) is 9.50. The Balaban J connectivity index is 2.21. The van der Waals surface area contributed by atoms with E-state index in [4.69, 9.17) is 17.3 Å². The highest BCUT2D eigenvalue weighted by atomic mass is 35.5. The zero-order valence-corrected chi connectivity index (χ0v) is 14.1. The van der Waals surface area contributed by atoms with Crippen molar-refractivity contribution < 1.29 is 19.1 Å². The summed E-state index contributed by atoms with van der Waals surface area (Å²) >= 11 is 6.02. The first-order valence-electron chi connectivity index (χ1n) is 7.52. The number of aromatic nitrogens is 2. The number of hydrogen-bond acceptors (Lipinski definition) is 4. The van der Waals surface area contributed by atoms with E-state index < -0.39 is 17.6 Å². The second kappa shape index (κ2) is 7.07. The van der Waals surface area contributed by atoms with Gasteiger partial charge in [0, 0.05) is 17.1 Å². The van der Waals surface area contributed by atoms with Gasteiger partial charge in [-0.3, -0.25) is 4.79 Å². The molecule has 132 valence electrons. The molecule has 0 spiro atoms. The highest BCUT2D eigenvalue weighted by Crippen LogP contribution is 2.25. The summed E-state index contributed by atoms with van der Waals surface area (Å²) in [4.78, 5) is 28.0.